The number of terminal acetylenes is 1. The Labute approximate surface area is 172 Å². The maximum absolute atomic E-state index is 12.9. The smallest absolute Gasteiger partial charge is 0.311 e. The molecule has 0 spiro atoms. The zero-order valence-corrected chi connectivity index (χ0v) is 16.2. The zero-order chi connectivity index (χ0) is 22.4. The average Bonchev–Trinajstić information content (AvgIpc) is 3.43. The fourth-order valence-electron chi connectivity index (χ4n) is 3.86. The number of carboxylic acid groups (broad SMARTS) is 1. The van der Waals surface area contributed by atoms with E-state index < -0.39 is 66.7 Å². The van der Waals surface area contributed by atoms with E-state index in [0.29, 0.717) is 12.8 Å². The topological polar surface area (TPSA) is 196 Å². The number of rotatable bonds is 10. The first kappa shape index (κ1) is 23.4. The van der Waals surface area contributed by atoms with E-state index in [4.69, 9.17) is 12.0 Å². The van der Waals surface area contributed by atoms with Crippen LogP contribution in [0, 0.1) is 18.3 Å². The van der Waals surface area contributed by atoms with Crippen molar-refractivity contribution in [1.29, 1.82) is 0 Å². The molecule has 2 fully saturated rings. The van der Waals surface area contributed by atoms with Gasteiger partial charge < -0.3 is 30.6 Å². The molecule has 0 radical (unpaired) electrons. The number of carbonyl (C=O) groups is 3. The van der Waals surface area contributed by atoms with Crippen molar-refractivity contribution in [2.75, 3.05) is 6.54 Å². The van der Waals surface area contributed by atoms with Gasteiger partial charge in [-0.1, -0.05) is 11.5 Å². The summed E-state index contributed by atoms with van der Waals surface area (Å²) in [5, 5.41) is 45.1. The second-order valence-electron chi connectivity index (χ2n) is 7.36. The van der Waals surface area contributed by atoms with Gasteiger partial charge in [0.25, 0.3) is 0 Å². The van der Waals surface area contributed by atoms with Crippen molar-refractivity contribution >= 4 is 17.8 Å². The fourth-order valence-corrected chi connectivity index (χ4v) is 3.86. The lowest BCUT2D eigenvalue weighted by molar-refractivity contribution is -0.156. The quantitative estimate of drug-likeness (QED) is 0.0721. The highest BCUT2D eigenvalue weighted by atomic mass is 16.4. The van der Waals surface area contributed by atoms with Gasteiger partial charge in [-0.2, -0.15) is 0 Å². The highest BCUT2D eigenvalue weighted by Gasteiger charge is 2.68. The maximum atomic E-state index is 12.9. The molecule has 0 bridgehead atoms. The Morgan fingerprint density at radius 1 is 1.13 bits per heavy atom. The van der Waals surface area contributed by atoms with Crippen LogP contribution >= 0.6 is 0 Å². The summed E-state index contributed by atoms with van der Waals surface area (Å²) >= 11 is 0. The van der Waals surface area contributed by atoms with Gasteiger partial charge in [0, 0.05) is 17.8 Å². The number of hydrogen-bond acceptors (Lipinski definition) is 7. The van der Waals surface area contributed by atoms with Crippen LogP contribution in [0.25, 0.3) is 10.4 Å². The molecule has 12 nitrogen and oxygen atoms in total. The summed E-state index contributed by atoms with van der Waals surface area (Å²) in [7, 11) is 0. The number of aliphatic carboxylic acids is 1. The predicted octanol–water partition coefficient (Wildman–Crippen LogP) is -1.26. The Kier molecular flexibility index (Phi) is 8.02. The minimum Gasteiger partial charge on any atom is -0.481 e. The molecule has 30 heavy (non-hydrogen) atoms. The number of unbranched alkanes of at least 4 members (excludes halogenated alkanes) is 3. The van der Waals surface area contributed by atoms with Gasteiger partial charge in [-0.25, -0.2) is 0 Å². The van der Waals surface area contributed by atoms with Crippen LogP contribution in [0.4, 0.5) is 0 Å². The van der Waals surface area contributed by atoms with Crippen LogP contribution in [0.5, 0.6) is 0 Å². The van der Waals surface area contributed by atoms with E-state index in [1.54, 1.807) is 0 Å². The molecule has 1 saturated carbocycles. The van der Waals surface area contributed by atoms with E-state index in [1.165, 1.54) is 0 Å². The number of likely N-dealkylation sites (tertiary alicyclic amines) is 1. The number of nitrogens with one attached hydrogen (secondary N) is 1. The Morgan fingerprint density at radius 2 is 1.83 bits per heavy atom. The molecule has 164 valence electrons. The number of azide groups is 1. The van der Waals surface area contributed by atoms with Gasteiger partial charge in [-0.15, -0.1) is 12.3 Å². The summed E-state index contributed by atoms with van der Waals surface area (Å²) in [6.07, 6.45) is 2.87. The van der Waals surface area contributed by atoms with Crippen LogP contribution in [0.15, 0.2) is 5.11 Å². The predicted molar refractivity (Wildman–Crippen MR) is 101 cm³/mol. The Morgan fingerprint density at radius 3 is 2.43 bits per heavy atom. The molecule has 1 aliphatic carbocycles. The molecule has 0 aromatic rings. The third kappa shape index (κ3) is 5.01. The SMILES string of the molecule is C#CCCCCCC(=O)NC(CN=[N+]=[N-])C(=O)N1C2C(O)C(O)C(O)C(C(=O)O)C21. The average molecular weight is 423 g/mol. The van der Waals surface area contributed by atoms with Gasteiger partial charge in [-0.3, -0.25) is 14.4 Å². The van der Waals surface area contributed by atoms with Gasteiger partial charge in [-0.05, 0) is 18.4 Å². The maximum Gasteiger partial charge on any atom is 0.311 e. The number of carbonyl (C=O) groups excluding carboxylic acids is 2. The van der Waals surface area contributed by atoms with E-state index in [1.807, 2.05) is 0 Å². The summed E-state index contributed by atoms with van der Waals surface area (Å²) in [5.41, 5.74) is 8.56. The van der Waals surface area contributed by atoms with Crippen molar-refractivity contribution in [3.05, 3.63) is 10.4 Å². The van der Waals surface area contributed by atoms with Crippen LogP contribution in [-0.4, -0.2) is 86.1 Å². The fraction of sp³-hybridized carbons (Fsp3) is 0.722. The number of fused-ring (bicyclic) bond motifs is 1. The first-order valence-electron chi connectivity index (χ1n) is 9.59. The lowest BCUT2D eigenvalue weighted by Gasteiger charge is -2.30. The molecular formula is C18H25N5O7. The van der Waals surface area contributed by atoms with Crippen molar-refractivity contribution in [3.63, 3.8) is 0 Å². The van der Waals surface area contributed by atoms with Crippen molar-refractivity contribution in [2.45, 2.75) is 68.5 Å². The second-order valence-corrected chi connectivity index (χ2v) is 7.36. The molecular weight excluding hydrogens is 398 g/mol. The van der Waals surface area contributed by atoms with Crippen LogP contribution in [-0.2, 0) is 14.4 Å². The summed E-state index contributed by atoms with van der Waals surface area (Å²) in [6.45, 7) is -0.410. The van der Waals surface area contributed by atoms with Gasteiger partial charge in [0.15, 0.2) is 0 Å². The van der Waals surface area contributed by atoms with E-state index >= 15 is 0 Å². The molecule has 2 aliphatic rings. The molecule has 2 amide bonds. The summed E-state index contributed by atoms with van der Waals surface area (Å²) in [6, 6.07) is -3.33. The number of amides is 2. The first-order valence-corrected chi connectivity index (χ1v) is 9.59. The number of aliphatic hydroxyl groups excluding tert-OH is 3. The Balaban J connectivity index is 2.06. The molecule has 0 aromatic carbocycles. The molecule has 1 saturated heterocycles. The summed E-state index contributed by atoms with van der Waals surface area (Å²) in [4.78, 5) is 40.1. The monoisotopic (exact) mass is 423 g/mol. The third-order valence-corrected chi connectivity index (χ3v) is 5.41. The van der Waals surface area contributed by atoms with Gasteiger partial charge in [0.05, 0.1) is 24.7 Å². The van der Waals surface area contributed by atoms with Crippen molar-refractivity contribution in [1.82, 2.24) is 10.2 Å². The molecule has 2 rings (SSSR count). The summed E-state index contributed by atoms with van der Waals surface area (Å²) < 4.78 is 0. The highest BCUT2D eigenvalue weighted by molar-refractivity contribution is 5.91. The number of hydrogen-bond donors (Lipinski definition) is 5. The number of aliphatic hydroxyl groups is 3. The lowest BCUT2D eigenvalue weighted by Crippen LogP contribution is -2.53. The van der Waals surface area contributed by atoms with Crippen molar-refractivity contribution < 1.29 is 34.8 Å². The van der Waals surface area contributed by atoms with Gasteiger partial charge >= 0.3 is 5.97 Å². The molecule has 7 unspecified atom stereocenters. The van der Waals surface area contributed by atoms with Crippen LogP contribution in [0.1, 0.15) is 32.1 Å². The van der Waals surface area contributed by atoms with Crippen molar-refractivity contribution in [2.24, 2.45) is 11.0 Å². The standard InChI is InChI=1S/C18H25N5O7/c1-2-3-4-5-6-7-10(24)21-9(8-20-22-19)17(28)23-12-11(18(29)30)14(25)16(27)15(26)13(12)23/h1,9,11-16,25-27H,3-8H2,(H,21,24)(H,29,30). The number of carboxylic acids is 1. The van der Waals surface area contributed by atoms with Gasteiger partial charge in [0.1, 0.15) is 24.2 Å². The lowest BCUT2D eigenvalue weighted by atomic mass is 9.83. The van der Waals surface area contributed by atoms with Crippen LogP contribution in [0.3, 0.4) is 0 Å². The minimum absolute atomic E-state index is 0.120. The zero-order valence-electron chi connectivity index (χ0n) is 16.2. The van der Waals surface area contributed by atoms with Crippen molar-refractivity contribution in [3.8, 4) is 12.3 Å². The largest absolute Gasteiger partial charge is 0.481 e. The van der Waals surface area contributed by atoms with E-state index in [2.05, 4.69) is 21.3 Å². The first-order chi connectivity index (χ1) is 14.3. The Hall–Kier alpha value is -2.84. The minimum atomic E-state index is -1.76. The molecule has 1 aliphatic heterocycles. The molecule has 12 heteroatoms. The molecule has 5 N–H and O–H groups in total. The molecule has 0 aromatic heterocycles. The molecule has 1 heterocycles. The van der Waals surface area contributed by atoms with Crippen LogP contribution < -0.4 is 5.32 Å². The number of nitrogens with zero attached hydrogens (tertiary/aromatic N) is 4. The Bertz CT molecular complexity index is 763. The van der Waals surface area contributed by atoms with Crippen LogP contribution in [0.2, 0.25) is 0 Å². The molecule has 7 atom stereocenters. The normalized spacial score (nSPS) is 30.3. The summed E-state index contributed by atoms with van der Waals surface area (Å²) in [5.74, 6) is -1.64. The third-order valence-electron chi connectivity index (χ3n) is 5.41. The van der Waals surface area contributed by atoms with E-state index in [9.17, 15) is 34.8 Å². The highest BCUT2D eigenvalue weighted by Crippen LogP contribution is 2.45. The van der Waals surface area contributed by atoms with Gasteiger partial charge in [0.2, 0.25) is 11.8 Å². The second kappa shape index (κ2) is 10.3. The van der Waals surface area contributed by atoms with E-state index in [0.717, 1.165) is 17.7 Å². The van der Waals surface area contributed by atoms with E-state index in [-0.39, 0.29) is 6.42 Å².